The summed E-state index contributed by atoms with van der Waals surface area (Å²) in [4.78, 5) is 6.44. The van der Waals surface area contributed by atoms with Gasteiger partial charge in [0.15, 0.2) is 5.96 Å². The van der Waals surface area contributed by atoms with E-state index in [0.717, 1.165) is 31.2 Å². The van der Waals surface area contributed by atoms with Gasteiger partial charge in [-0.25, -0.2) is 0 Å². The average Bonchev–Trinajstić information content (AvgIpc) is 2.54. The van der Waals surface area contributed by atoms with E-state index in [-0.39, 0.29) is 12.5 Å². The molecule has 21 heavy (non-hydrogen) atoms. The first-order valence-electron chi connectivity index (χ1n) is 7.50. The highest BCUT2D eigenvalue weighted by Crippen LogP contribution is 2.13. The number of hydrogen-bond acceptors (Lipinski definition) is 3. The molecule has 0 spiro atoms. The lowest BCUT2D eigenvalue weighted by molar-refractivity contribution is 0.265. The summed E-state index contributed by atoms with van der Waals surface area (Å²) in [5, 5.41) is 16.1. The molecular weight excluding hydrogens is 264 g/mol. The summed E-state index contributed by atoms with van der Waals surface area (Å²) in [6.45, 7) is 5.77. The Morgan fingerprint density at radius 1 is 1.29 bits per heavy atom. The Bertz CT molecular complexity index is 408. The second kappa shape index (κ2) is 10.2. The van der Waals surface area contributed by atoms with Gasteiger partial charge in [0, 0.05) is 32.6 Å². The Morgan fingerprint density at radius 3 is 2.57 bits per heavy atom. The van der Waals surface area contributed by atoms with Gasteiger partial charge in [0.2, 0.25) is 0 Å². The minimum Gasteiger partial charge on any atom is -0.396 e. The maximum Gasteiger partial charge on any atom is 0.191 e. The molecular formula is C16H28N4O. The number of aliphatic hydroxyl groups is 1. The smallest absolute Gasteiger partial charge is 0.191 e. The van der Waals surface area contributed by atoms with Crippen LogP contribution in [-0.4, -0.2) is 62.8 Å². The van der Waals surface area contributed by atoms with Crippen molar-refractivity contribution in [2.75, 3.05) is 46.9 Å². The second-order valence-corrected chi connectivity index (χ2v) is 5.07. The van der Waals surface area contributed by atoms with Gasteiger partial charge in [0.05, 0.1) is 6.61 Å². The molecule has 0 radical (unpaired) electrons. The van der Waals surface area contributed by atoms with Crippen molar-refractivity contribution in [3.05, 3.63) is 35.9 Å². The van der Waals surface area contributed by atoms with Crippen molar-refractivity contribution in [3.63, 3.8) is 0 Å². The fourth-order valence-corrected chi connectivity index (χ4v) is 1.98. The Labute approximate surface area is 128 Å². The van der Waals surface area contributed by atoms with Crippen LogP contribution in [0.4, 0.5) is 0 Å². The van der Waals surface area contributed by atoms with Gasteiger partial charge in [0.1, 0.15) is 0 Å². The van der Waals surface area contributed by atoms with Gasteiger partial charge in [-0.2, -0.15) is 0 Å². The first kappa shape index (κ1) is 17.5. The Balaban J connectivity index is 2.40. The molecule has 0 amide bonds. The molecule has 0 heterocycles. The minimum absolute atomic E-state index is 0.0723. The third-order valence-corrected chi connectivity index (χ3v) is 3.56. The summed E-state index contributed by atoms with van der Waals surface area (Å²) in [5.74, 6) is 0.844. The summed E-state index contributed by atoms with van der Waals surface area (Å²) in [5.41, 5.74) is 1.13. The summed E-state index contributed by atoms with van der Waals surface area (Å²) >= 11 is 0. The number of aliphatic hydroxyl groups excluding tert-OH is 1. The number of likely N-dealkylation sites (N-methyl/N-ethyl adjacent to an activating group) is 1. The average molecular weight is 292 g/mol. The van der Waals surface area contributed by atoms with Crippen molar-refractivity contribution in [3.8, 4) is 0 Å². The van der Waals surface area contributed by atoms with Crippen LogP contribution >= 0.6 is 0 Å². The van der Waals surface area contributed by atoms with Crippen LogP contribution < -0.4 is 10.6 Å². The zero-order valence-electron chi connectivity index (χ0n) is 13.3. The second-order valence-electron chi connectivity index (χ2n) is 5.07. The van der Waals surface area contributed by atoms with Crippen molar-refractivity contribution < 1.29 is 5.11 Å². The number of nitrogens with zero attached hydrogens (tertiary/aromatic N) is 2. The van der Waals surface area contributed by atoms with Crippen LogP contribution in [0.1, 0.15) is 18.4 Å². The highest BCUT2D eigenvalue weighted by Gasteiger charge is 2.10. The molecule has 0 saturated heterocycles. The van der Waals surface area contributed by atoms with Crippen LogP contribution in [0, 0.1) is 0 Å². The fraction of sp³-hybridized carbons (Fsp3) is 0.562. The van der Waals surface area contributed by atoms with E-state index in [4.69, 9.17) is 0 Å². The van der Waals surface area contributed by atoms with Gasteiger partial charge in [0.25, 0.3) is 0 Å². The van der Waals surface area contributed by atoms with Gasteiger partial charge < -0.3 is 20.6 Å². The normalized spacial score (nSPS) is 13.3. The van der Waals surface area contributed by atoms with E-state index in [1.165, 1.54) is 0 Å². The SMILES string of the molecule is CCN(C)CCNC(=NC)NCC(CO)c1ccccc1. The zero-order chi connectivity index (χ0) is 15.5. The molecule has 5 heteroatoms. The topological polar surface area (TPSA) is 59.9 Å². The first-order chi connectivity index (χ1) is 10.2. The van der Waals surface area contributed by atoms with E-state index in [1.807, 2.05) is 30.3 Å². The van der Waals surface area contributed by atoms with Gasteiger partial charge in [-0.3, -0.25) is 4.99 Å². The van der Waals surface area contributed by atoms with Crippen LogP contribution in [-0.2, 0) is 0 Å². The first-order valence-corrected chi connectivity index (χ1v) is 7.50. The highest BCUT2D eigenvalue weighted by molar-refractivity contribution is 5.79. The lowest BCUT2D eigenvalue weighted by atomic mass is 10.0. The molecule has 0 bridgehead atoms. The molecule has 0 aliphatic rings. The Kier molecular flexibility index (Phi) is 8.47. The molecule has 1 rings (SSSR count). The highest BCUT2D eigenvalue weighted by atomic mass is 16.3. The molecule has 0 aromatic heterocycles. The fourth-order valence-electron chi connectivity index (χ4n) is 1.98. The predicted molar refractivity (Wildman–Crippen MR) is 88.8 cm³/mol. The standard InChI is InChI=1S/C16H28N4O/c1-4-20(3)11-10-18-16(17-2)19-12-15(13-21)14-8-6-5-7-9-14/h5-9,15,21H,4,10-13H2,1-3H3,(H2,17,18,19). The third-order valence-electron chi connectivity index (χ3n) is 3.56. The summed E-state index contributed by atoms with van der Waals surface area (Å²) in [7, 11) is 3.85. The predicted octanol–water partition coefficient (Wildman–Crippen LogP) is 0.879. The summed E-state index contributed by atoms with van der Waals surface area (Å²) < 4.78 is 0. The van der Waals surface area contributed by atoms with E-state index in [9.17, 15) is 5.11 Å². The lowest BCUT2D eigenvalue weighted by Gasteiger charge is -2.19. The molecule has 0 saturated carbocycles. The Morgan fingerprint density at radius 2 is 2.00 bits per heavy atom. The molecule has 0 aliphatic heterocycles. The molecule has 118 valence electrons. The summed E-state index contributed by atoms with van der Waals surface area (Å²) in [6, 6.07) is 10.0. The zero-order valence-corrected chi connectivity index (χ0v) is 13.3. The maximum atomic E-state index is 9.54. The minimum atomic E-state index is 0.0723. The summed E-state index contributed by atoms with van der Waals surface area (Å²) in [6.07, 6.45) is 0. The van der Waals surface area contributed by atoms with Crippen molar-refractivity contribution in [2.24, 2.45) is 4.99 Å². The van der Waals surface area contributed by atoms with E-state index >= 15 is 0 Å². The number of benzene rings is 1. The lowest BCUT2D eigenvalue weighted by Crippen LogP contribution is -2.42. The number of aliphatic imine (C=N–C) groups is 1. The molecule has 0 aliphatic carbocycles. The van der Waals surface area contributed by atoms with Crippen LogP contribution in [0.3, 0.4) is 0 Å². The van der Waals surface area contributed by atoms with Crippen molar-refractivity contribution in [1.29, 1.82) is 0 Å². The molecule has 3 N–H and O–H groups in total. The Hall–Kier alpha value is -1.59. The van der Waals surface area contributed by atoms with E-state index in [0.29, 0.717) is 6.54 Å². The van der Waals surface area contributed by atoms with Gasteiger partial charge in [-0.1, -0.05) is 37.3 Å². The van der Waals surface area contributed by atoms with Crippen molar-refractivity contribution >= 4 is 5.96 Å². The van der Waals surface area contributed by atoms with Crippen LogP contribution in [0.15, 0.2) is 35.3 Å². The number of rotatable bonds is 8. The molecule has 1 aromatic carbocycles. The van der Waals surface area contributed by atoms with Crippen LogP contribution in [0.25, 0.3) is 0 Å². The molecule has 1 atom stereocenters. The van der Waals surface area contributed by atoms with Gasteiger partial charge in [-0.15, -0.1) is 0 Å². The monoisotopic (exact) mass is 292 g/mol. The maximum absolute atomic E-state index is 9.54. The van der Waals surface area contributed by atoms with E-state index < -0.39 is 0 Å². The molecule has 1 aromatic rings. The number of nitrogens with one attached hydrogen (secondary N) is 2. The molecule has 1 unspecified atom stereocenters. The van der Waals surface area contributed by atoms with Crippen molar-refractivity contribution in [2.45, 2.75) is 12.8 Å². The van der Waals surface area contributed by atoms with Crippen LogP contribution in [0.5, 0.6) is 0 Å². The molecule has 5 nitrogen and oxygen atoms in total. The third kappa shape index (κ3) is 6.60. The van der Waals surface area contributed by atoms with E-state index in [1.54, 1.807) is 7.05 Å². The number of hydrogen-bond donors (Lipinski definition) is 3. The van der Waals surface area contributed by atoms with Crippen LogP contribution in [0.2, 0.25) is 0 Å². The quantitative estimate of drug-likeness (QED) is 0.492. The molecule has 0 fully saturated rings. The van der Waals surface area contributed by atoms with E-state index in [2.05, 4.69) is 34.5 Å². The number of guanidine groups is 1. The largest absolute Gasteiger partial charge is 0.396 e. The van der Waals surface area contributed by atoms with Gasteiger partial charge >= 0.3 is 0 Å². The van der Waals surface area contributed by atoms with Gasteiger partial charge in [-0.05, 0) is 19.2 Å². The van der Waals surface area contributed by atoms with Crippen molar-refractivity contribution in [1.82, 2.24) is 15.5 Å².